The predicted octanol–water partition coefficient (Wildman–Crippen LogP) is 2.66. The zero-order valence-electron chi connectivity index (χ0n) is 13.4. The van der Waals surface area contributed by atoms with Crippen LogP contribution in [0.15, 0.2) is 18.2 Å². The first kappa shape index (κ1) is 15.4. The Kier molecular flexibility index (Phi) is 3.94. The average Bonchev–Trinajstić information content (AvgIpc) is 2.64. The molecule has 0 aliphatic rings. The van der Waals surface area contributed by atoms with E-state index >= 15 is 0 Å². The highest BCUT2D eigenvalue weighted by Gasteiger charge is 2.19. The molecule has 1 aromatic heterocycles. The molecule has 0 spiro atoms. The summed E-state index contributed by atoms with van der Waals surface area (Å²) in [6, 6.07) is 5.61. The predicted molar refractivity (Wildman–Crippen MR) is 86.1 cm³/mol. The Bertz CT molecular complexity index is 665. The van der Waals surface area contributed by atoms with Gasteiger partial charge in [-0.15, -0.1) is 0 Å². The first-order valence-corrected chi connectivity index (χ1v) is 7.24. The molecule has 3 N–H and O–H groups in total. The van der Waals surface area contributed by atoms with Gasteiger partial charge in [0.15, 0.2) is 0 Å². The Labute approximate surface area is 125 Å². The van der Waals surface area contributed by atoms with Gasteiger partial charge in [0.05, 0.1) is 11.0 Å². The van der Waals surface area contributed by atoms with Crippen LogP contribution in [0.25, 0.3) is 11.0 Å². The number of carbonyl (C=O) groups is 1. The van der Waals surface area contributed by atoms with E-state index < -0.39 is 0 Å². The zero-order chi connectivity index (χ0) is 15.8. The average molecular weight is 288 g/mol. The van der Waals surface area contributed by atoms with Crippen molar-refractivity contribution in [1.29, 1.82) is 0 Å². The fraction of sp³-hybridized carbons (Fsp3) is 0.500. The van der Waals surface area contributed by atoms with Crippen LogP contribution >= 0.6 is 0 Å². The molecule has 0 bridgehead atoms. The van der Waals surface area contributed by atoms with Crippen molar-refractivity contribution < 1.29 is 4.79 Å². The normalized spacial score (nSPS) is 12.1. The van der Waals surface area contributed by atoms with E-state index in [-0.39, 0.29) is 23.9 Å². The molecule has 0 saturated carbocycles. The highest BCUT2D eigenvalue weighted by atomic mass is 16.2. The van der Waals surface area contributed by atoms with Gasteiger partial charge in [0.25, 0.3) is 0 Å². The van der Waals surface area contributed by atoms with Crippen molar-refractivity contribution >= 4 is 22.6 Å². The van der Waals surface area contributed by atoms with Gasteiger partial charge in [-0.3, -0.25) is 4.79 Å². The minimum atomic E-state index is -0.240. The van der Waals surface area contributed by atoms with Crippen molar-refractivity contribution in [2.24, 2.45) is 0 Å². The van der Waals surface area contributed by atoms with Crippen LogP contribution in [0.3, 0.4) is 0 Å². The summed E-state index contributed by atoms with van der Waals surface area (Å²) in [4.78, 5) is 16.9. The van der Waals surface area contributed by atoms with Crippen LogP contribution in [-0.4, -0.2) is 21.0 Å². The van der Waals surface area contributed by atoms with Crippen LogP contribution in [0, 0.1) is 0 Å². The molecule has 1 amide bonds. The number of imidazole rings is 1. The van der Waals surface area contributed by atoms with Crippen LogP contribution in [0.1, 0.15) is 46.4 Å². The first-order valence-electron chi connectivity index (χ1n) is 7.24. The lowest BCUT2D eigenvalue weighted by Gasteiger charge is -2.21. The third kappa shape index (κ3) is 3.54. The summed E-state index contributed by atoms with van der Waals surface area (Å²) in [5.41, 5.74) is 8.03. The number of hydrogen-bond donors (Lipinski definition) is 2. The lowest BCUT2D eigenvalue weighted by molar-refractivity contribution is -0.123. The fourth-order valence-corrected chi connectivity index (χ4v) is 2.37. The SMILES string of the molecule is CC(C)c1nc2cc(N)ccc2n1CC(=O)NC(C)(C)C. The molecule has 21 heavy (non-hydrogen) atoms. The molecule has 5 heteroatoms. The van der Waals surface area contributed by atoms with Gasteiger partial charge in [-0.25, -0.2) is 4.98 Å². The number of aromatic nitrogens is 2. The van der Waals surface area contributed by atoms with Crippen LogP contribution < -0.4 is 11.1 Å². The smallest absolute Gasteiger partial charge is 0.240 e. The Morgan fingerprint density at radius 3 is 2.62 bits per heavy atom. The molecule has 0 aliphatic heterocycles. The quantitative estimate of drug-likeness (QED) is 0.853. The van der Waals surface area contributed by atoms with Crippen LogP contribution in [0.2, 0.25) is 0 Å². The van der Waals surface area contributed by atoms with Crippen LogP contribution in [-0.2, 0) is 11.3 Å². The third-order valence-electron chi connectivity index (χ3n) is 3.13. The van der Waals surface area contributed by atoms with E-state index in [4.69, 9.17) is 5.73 Å². The molecular formula is C16H24N4O. The molecule has 0 atom stereocenters. The molecular weight excluding hydrogens is 264 g/mol. The third-order valence-corrected chi connectivity index (χ3v) is 3.13. The molecule has 0 unspecified atom stereocenters. The monoisotopic (exact) mass is 288 g/mol. The number of nitrogens with two attached hydrogens (primary N) is 1. The van der Waals surface area contributed by atoms with Crippen molar-refractivity contribution in [3.8, 4) is 0 Å². The van der Waals surface area contributed by atoms with Crippen LogP contribution in [0.4, 0.5) is 5.69 Å². The summed E-state index contributed by atoms with van der Waals surface area (Å²) >= 11 is 0. The molecule has 2 rings (SSSR count). The Morgan fingerprint density at radius 1 is 1.38 bits per heavy atom. The topological polar surface area (TPSA) is 72.9 Å². The largest absolute Gasteiger partial charge is 0.399 e. The van der Waals surface area contributed by atoms with Gasteiger partial charge < -0.3 is 15.6 Å². The first-order chi connectivity index (χ1) is 9.67. The minimum Gasteiger partial charge on any atom is -0.399 e. The number of anilines is 1. The van der Waals surface area contributed by atoms with E-state index in [0.717, 1.165) is 16.9 Å². The number of amides is 1. The number of fused-ring (bicyclic) bond motifs is 1. The summed E-state index contributed by atoms with van der Waals surface area (Å²) < 4.78 is 1.97. The second-order valence-corrected chi connectivity index (χ2v) is 6.76. The van der Waals surface area contributed by atoms with E-state index in [1.54, 1.807) is 0 Å². The van der Waals surface area contributed by atoms with Gasteiger partial charge in [-0.1, -0.05) is 13.8 Å². The molecule has 1 aromatic carbocycles. The zero-order valence-corrected chi connectivity index (χ0v) is 13.4. The molecule has 1 heterocycles. The van der Waals surface area contributed by atoms with Gasteiger partial charge in [-0.2, -0.15) is 0 Å². The second-order valence-electron chi connectivity index (χ2n) is 6.76. The molecule has 0 aliphatic carbocycles. The summed E-state index contributed by atoms with van der Waals surface area (Å²) in [6.07, 6.45) is 0. The molecule has 0 radical (unpaired) electrons. The van der Waals surface area contributed by atoms with Crippen molar-refractivity contribution in [2.75, 3.05) is 5.73 Å². The van der Waals surface area contributed by atoms with Gasteiger partial charge in [-0.05, 0) is 39.0 Å². The summed E-state index contributed by atoms with van der Waals surface area (Å²) in [7, 11) is 0. The minimum absolute atomic E-state index is 0.0134. The standard InChI is InChI=1S/C16H24N4O/c1-10(2)15-18-12-8-11(17)6-7-13(12)20(15)9-14(21)19-16(3,4)5/h6-8,10H,9,17H2,1-5H3,(H,19,21). The number of nitrogens with one attached hydrogen (secondary N) is 1. The fourth-order valence-electron chi connectivity index (χ4n) is 2.37. The highest BCUT2D eigenvalue weighted by molar-refractivity contribution is 5.83. The maximum atomic E-state index is 12.2. The van der Waals surface area contributed by atoms with Gasteiger partial charge in [0, 0.05) is 17.1 Å². The Balaban J connectivity index is 2.41. The maximum Gasteiger partial charge on any atom is 0.240 e. The van der Waals surface area contributed by atoms with Crippen molar-refractivity contribution in [2.45, 2.75) is 52.6 Å². The summed E-state index contributed by atoms with van der Waals surface area (Å²) in [5, 5.41) is 2.99. The number of rotatable bonds is 3. The van der Waals surface area contributed by atoms with E-state index in [1.165, 1.54) is 0 Å². The van der Waals surface area contributed by atoms with Gasteiger partial charge in [0.2, 0.25) is 5.91 Å². The summed E-state index contributed by atoms with van der Waals surface area (Å²) in [6.45, 7) is 10.3. The molecule has 5 nitrogen and oxygen atoms in total. The van der Waals surface area contributed by atoms with E-state index in [2.05, 4.69) is 24.1 Å². The number of hydrogen-bond acceptors (Lipinski definition) is 3. The van der Waals surface area contributed by atoms with Crippen molar-refractivity contribution in [1.82, 2.24) is 14.9 Å². The summed E-state index contributed by atoms with van der Waals surface area (Å²) in [5.74, 6) is 1.13. The lowest BCUT2D eigenvalue weighted by atomic mass is 10.1. The second kappa shape index (κ2) is 5.39. The Morgan fingerprint density at radius 2 is 2.05 bits per heavy atom. The van der Waals surface area contributed by atoms with E-state index in [1.807, 2.05) is 43.5 Å². The molecule has 2 aromatic rings. The molecule has 0 saturated heterocycles. The van der Waals surface area contributed by atoms with Crippen molar-refractivity contribution in [3.63, 3.8) is 0 Å². The number of carbonyl (C=O) groups excluding carboxylic acids is 1. The van der Waals surface area contributed by atoms with Gasteiger partial charge >= 0.3 is 0 Å². The van der Waals surface area contributed by atoms with Crippen molar-refractivity contribution in [3.05, 3.63) is 24.0 Å². The molecule has 114 valence electrons. The Hall–Kier alpha value is -2.04. The van der Waals surface area contributed by atoms with E-state index in [9.17, 15) is 4.79 Å². The number of nitrogens with zero attached hydrogens (tertiary/aromatic N) is 2. The molecule has 0 fully saturated rings. The van der Waals surface area contributed by atoms with E-state index in [0.29, 0.717) is 5.69 Å². The van der Waals surface area contributed by atoms with Crippen LogP contribution in [0.5, 0.6) is 0 Å². The lowest BCUT2D eigenvalue weighted by Crippen LogP contribution is -2.42. The highest BCUT2D eigenvalue weighted by Crippen LogP contribution is 2.23. The van der Waals surface area contributed by atoms with Gasteiger partial charge in [0.1, 0.15) is 12.4 Å². The maximum absolute atomic E-state index is 12.2. The number of nitrogen functional groups attached to an aromatic ring is 1. The number of benzene rings is 1.